The number of phenols is 1. The standard InChI is InChI=1S/C33H41N9O10.C6H6.C5H9NO3.C4H10/c1-35-15-27(45)40-23(10-18-6-8-20(43)9-7-18)31(50)38-16-28(46)41-24(11-19-13-36-22-5-3-2-4-21(19)22)32(51)39-17-29(47)42-25(12-30(48)49)33(52)37-14-26(34)44;1-2-4-6-5-3-1;6-4(5(8)9)2-1-3-7;1-3-4-2/h2-9,13,23-25,35-36,43H,10-12,14-17H2,1H3,(H2,34,44)(H,37,52)(H,38,50)(H,39,51)(H,40,45)(H,41,46)(H,42,47)(H,48,49);1-6H;3-4H,1-2,6H2,(H,8,9);3-4H2,1-2H3/t23-,24-,25-;;;/m0.../s1. The number of aromatic hydroxyl groups is 1. The summed E-state index contributed by atoms with van der Waals surface area (Å²) >= 11 is 0. The Morgan fingerprint density at radius 2 is 1.13 bits per heavy atom. The van der Waals surface area contributed by atoms with E-state index in [-0.39, 0.29) is 38.0 Å². The number of hydrogen-bond acceptors (Lipinski definition) is 13. The minimum Gasteiger partial charge on any atom is -0.508 e. The number of nitrogens with one attached hydrogen (secondary N) is 8. The van der Waals surface area contributed by atoms with Crippen molar-refractivity contribution >= 4 is 70.5 Å². The number of carbonyl (C=O) groups is 10. The number of carbonyl (C=O) groups excluding carboxylic acids is 8. The highest BCUT2D eigenvalue weighted by atomic mass is 16.4. The number of carboxylic acid groups (broad SMARTS) is 2. The maximum absolute atomic E-state index is 13.4. The molecule has 4 aromatic rings. The highest BCUT2D eigenvalue weighted by Crippen LogP contribution is 2.19. The van der Waals surface area contributed by atoms with E-state index >= 15 is 0 Å². The molecule has 0 saturated heterocycles. The fraction of sp³-hybridized carbons (Fsp3) is 0.375. The van der Waals surface area contributed by atoms with Gasteiger partial charge in [-0.25, -0.2) is 0 Å². The molecule has 0 saturated carbocycles. The Balaban J connectivity index is 0.00000110. The van der Waals surface area contributed by atoms with Gasteiger partial charge in [-0.1, -0.05) is 93.4 Å². The number of benzene rings is 3. The molecule has 386 valence electrons. The first-order valence-electron chi connectivity index (χ1n) is 22.5. The molecule has 4 rings (SSSR count). The number of phenolic OH excluding ortho intramolecular Hbond substituents is 1. The summed E-state index contributed by atoms with van der Waals surface area (Å²) in [6.45, 7) is 2.37. The van der Waals surface area contributed by atoms with Gasteiger partial charge in [0.25, 0.3) is 0 Å². The van der Waals surface area contributed by atoms with E-state index in [1.807, 2.05) is 42.5 Å². The summed E-state index contributed by atoms with van der Waals surface area (Å²) in [5.41, 5.74) is 12.0. The summed E-state index contributed by atoms with van der Waals surface area (Å²) in [4.78, 5) is 122. The van der Waals surface area contributed by atoms with Gasteiger partial charge < -0.3 is 73.8 Å². The zero-order valence-corrected chi connectivity index (χ0v) is 39.9. The Morgan fingerprint density at radius 1 is 0.648 bits per heavy atom. The van der Waals surface area contributed by atoms with Crippen LogP contribution in [0.3, 0.4) is 0 Å². The molecule has 23 heteroatoms. The first-order valence-corrected chi connectivity index (χ1v) is 22.5. The SMILES string of the molecule is CCCC.CNCC(=O)N[C@@H](Cc1ccc(O)cc1)C(=O)NCC(=O)N[C@@H](Cc1c[nH]c2ccccc12)C(=O)NCC(=O)N[C@@H](CC(=O)O)C(=O)NCC(N)=O.NC(CCC=O)C(=O)O.c1ccccc1. The van der Waals surface area contributed by atoms with E-state index in [2.05, 4.69) is 56.0 Å². The largest absolute Gasteiger partial charge is 0.508 e. The van der Waals surface area contributed by atoms with Crippen molar-refractivity contribution in [3.8, 4) is 5.75 Å². The number of aromatic nitrogens is 1. The summed E-state index contributed by atoms with van der Waals surface area (Å²) in [6, 6.07) is 20.3. The number of rotatable bonds is 25. The first kappa shape index (κ1) is 60.8. The molecule has 23 nitrogen and oxygen atoms in total. The molecule has 0 radical (unpaired) electrons. The molecule has 0 aliphatic rings. The Labute approximate surface area is 410 Å². The van der Waals surface area contributed by atoms with Gasteiger partial charge in [-0.15, -0.1) is 0 Å². The summed E-state index contributed by atoms with van der Waals surface area (Å²) in [7, 11) is 1.55. The van der Waals surface area contributed by atoms with Crippen molar-refractivity contribution in [3.63, 3.8) is 0 Å². The van der Waals surface area contributed by atoms with E-state index in [9.17, 15) is 53.1 Å². The van der Waals surface area contributed by atoms with Gasteiger partial charge in [-0.05, 0) is 42.8 Å². The van der Waals surface area contributed by atoms with Crippen molar-refractivity contribution in [2.75, 3.05) is 33.2 Å². The summed E-state index contributed by atoms with van der Waals surface area (Å²) in [5.74, 6) is -8.08. The van der Waals surface area contributed by atoms with Crippen LogP contribution in [0.1, 0.15) is 57.1 Å². The number of unbranched alkanes of at least 4 members (excludes halogenated alkanes) is 1. The fourth-order valence-corrected chi connectivity index (χ4v) is 5.72. The Hall–Kier alpha value is -8.18. The summed E-state index contributed by atoms with van der Waals surface area (Å²) in [6.07, 6.45) is 4.53. The maximum atomic E-state index is 13.4. The van der Waals surface area contributed by atoms with E-state index in [0.29, 0.717) is 17.4 Å². The van der Waals surface area contributed by atoms with E-state index in [0.717, 1.165) is 10.9 Å². The molecule has 7 amide bonds. The molecule has 1 aromatic heterocycles. The number of primary amides is 1. The Morgan fingerprint density at radius 3 is 1.61 bits per heavy atom. The van der Waals surface area contributed by atoms with Crippen LogP contribution in [0.2, 0.25) is 0 Å². The molecule has 1 heterocycles. The number of carboxylic acids is 2. The lowest BCUT2D eigenvalue weighted by Gasteiger charge is -2.21. The lowest BCUT2D eigenvalue weighted by Crippen LogP contribution is -2.55. The number of aliphatic carboxylic acids is 2. The van der Waals surface area contributed by atoms with Gasteiger partial charge in [0.15, 0.2) is 0 Å². The van der Waals surface area contributed by atoms with Gasteiger partial charge >= 0.3 is 11.9 Å². The molecule has 4 atom stereocenters. The topological polar surface area (TPSA) is 383 Å². The zero-order valence-electron chi connectivity index (χ0n) is 39.9. The molecular weight excluding hydrogens is 925 g/mol. The molecule has 0 fully saturated rings. The number of likely N-dealkylation sites (N-methyl/N-ethyl adjacent to an activating group) is 1. The van der Waals surface area contributed by atoms with Crippen LogP contribution in [0.5, 0.6) is 5.75 Å². The normalized spacial score (nSPS) is 11.8. The van der Waals surface area contributed by atoms with E-state index in [1.165, 1.54) is 25.0 Å². The molecule has 0 bridgehead atoms. The lowest BCUT2D eigenvalue weighted by atomic mass is 10.0. The number of fused-ring (bicyclic) bond motifs is 1. The zero-order chi connectivity index (χ0) is 53.1. The van der Waals surface area contributed by atoms with Crippen molar-refractivity contribution in [1.82, 2.24) is 42.2 Å². The Kier molecular flexibility index (Phi) is 30.0. The van der Waals surface area contributed by atoms with E-state index < -0.39 is 104 Å². The molecule has 0 aliphatic heterocycles. The van der Waals surface area contributed by atoms with Crippen LogP contribution in [-0.2, 0) is 60.8 Å². The van der Waals surface area contributed by atoms with Crippen LogP contribution in [0, 0.1) is 0 Å². The number of aromatic amines is 1. The van der Waals surface area contributed by atoms with Crippen LogP contribution in [0.4, 0.5) is 0 Å². The smallest absolute Gasteiger partial charge is 0.320 e. The molecule has 0 spiro atoms. The van der Waals surface area contributed by atoms with Crippen molar-refractivity contribution in [2.45, 2.75) is 83.0 Å². The predicted octanol–water partition coefficient (Wildman–Crippen LogP) is -0.489. The average Bonchev–Trinajstić information content (AvgIpc) is 3.76. The van der Waals surface area contributed by atoms with Gasteiger partial charge in [0.05, 0.1) is 32.6 Å². The number of H-pyrrole nitrogens is 1. The first-order chi connectivity index (χ1) is 33.8. The van der Waals surface area contributed by atoms with Gasteiger partial charge in [-0.3, -0.25) is 43.2 Å². The number of hydrogen-bond donors (Lipinski definition) is 13. The monoisotopic (exact) mass is 990 g/mol. The summed E-state index contributed by atoms with van der Waals surface area (Å²) < 4.78 is 0. The fourth-order valence-electron chi connectivity index (χ4n) is 5.72. The van der Waals surface area contributed by atoms with Gasteiger partial charge in [0.2, 0.25) is 41.4 Å². The third-order valence-corrected chi connectivity index (χ3v) is 9.51. The summed E-state index contributed by atoms with van der Waals surface area (Å²) in [5, 5.41) is 44.6. The maximum Gasteiger partial charge on any atom is 0.320 e. The third kappa shape index (κ3) is 26.8. The average molecular weight is 991 g/mol. The number of nitrogens with two attached hydrogens (primary N) is 2. The van der Waals surface area contributed by atoms with Crippen LogP contribution in [-0.4, -0.2) is 137 Å². The molecule has 15 N–H and O–H groups in total. The predicted molar refractivity (Wildman–Crippen MR) is 262 cm³/mol. The highest BCUT2D eigenvalue weighted by Gasteiger charge is 2.27. The van der Waals surface area contributed by atoms with Crippen LogP contribution >= 0.6 is 0 Å². The molecular formula is C48H66N10O13. The Bertz CT molecular complexity index is 2280. The van der Waals surface area contributed by atoms with Crippen molar-refractivity contribution in [1.29, 1.82) is 0 Å². The molecule has 0 aliphatic carbocycles. The number of amides is 7. The molecule has 71 heavy (non-hydrogen) atoms. The second-order valence-corrected chi connectivity index (χ2v) is 15.4. The second kappa shape index (κ2) is 35.0. The third-order valence-electron chi connectivity index (χ3n) is 9.51. The highest BCUT2D eigenvalue weighted by molar-refractivity contribution is 5.96. The minimum absolute atomic E-state index is 0.0133. The molecule has 3 aromatic carbocycles. The van der Waals surface area contributed by atoms with Crippen molar-refractivity contribution in [2.24, 2.45) is 11.5 Å². The van der Waals surface area contributed by atoms with Gasteiger partial charge in [0, 0.05) is 36.4 Å². The minimum atomic E-state index is -1.59. The van der Waals surface area contributed by atoms with Crippen molar-refractivity contribution < 1.29 is 63.3 Å². The van der Waals surface area contributed by atoms with E-state index in [1.54, 1.807) is 43.6 Å². The quantitative estimate of drug-likeness (QED) is 0.0373. The van der Waals surface area contributed by atoms with Crippen LogP contribution < -0.4 is 48.7 Å². The van der Waals surface area contributed by atoms with Crippen LogP contribution in [0.15, 0.2) is 91.1 Å². The number of para-hydroxylation sites is 1. The van der Waals surface area contributed by atoms with Gasteiger partial charge in [0.1, 0.15) is 36.2 Å². The van der Waals surface area contributed by atoms with Crippen LogP contribution in [0.25, 0.3) is 10.9 Å². The second-order valence-electron chi connectivity index (χ2n) is 15.4. The van der Waals surface area contributed by atoms with Gasteiger partial charge in [-0.2, -0.15) is 0 Å². The van der Waals surface area contributed by atoms with Crippen molar-refractivity contribution in [3.05, 3.63) is 102 Å². The van der Waals surface area contributed by atoms with E-state index in [4.69, 9.17) is 21.7 Å². The lowest BCUT2D eigenvalue weighted by molar-refractivity contribution is -0.141. The number of aldehydes is 1. The molecule has 1 unspecified atom stereocenters.